The minimum absolute atomic E-state index is 0.434. The monoisotopic (exact) mass is 265 g/mol. The smallest absolute Gasteiger partial charge is 0.479 e. The fourth-order valence-electron chi connectivity index (χ4n) is 1.39. The summed E-state index contributed by atoms with van der Waals surface area (Å²) in [5, 5.41) is 8.87. The third-order valence-corrected chi connectivity index (χ3v) is 5.26. The van der Waals surface area contributed by atoms with E-state index in [1.54, 1.807) is 0 Å². The van der Waals surface area contributed by atoms with E-state index >= 15 is 0 Å². The fraction of sp³-hybridized carbons (Fsp3) is 0.900. The molecule has 0 amide bonds. The van der Waals surface area contributed by atoms with E-state index < -0.39 is 20.9 Å². The average molecular weight is 265 g/mol. The van der Waals surface area contributed by atoms with Crippen molar-refractivity contribution in [2.24, 2.45) is 5.73 Å². The predicted molar refractivity (Wildman–Crippen MR) is 65.7 cm³/mol. The quantitative estimate of drug-likeness (QED) is 0.569. The minimum atomic E-state index is -2.90. The number of aliphatic carboxylic acids is 1. The van der Waals surface area contributed by atoms with Crippen LogP contribution in [0.15, 0.2) is 0 Å². The molecule has 0 saturated heterocycles. The van der Waals surface area contributed by atoms with Crippen molar-refractivity contribution >= 4 is 14.8 Å². The lowest BCUT2D eigenvalue weighted by Crippen LogP contribution is -2.49. The summed E-state index contributed by atoms with van der Waals surface area (Å²) in [7, 11) is -2.90. The van der Waals surface area contributed by atoms with Crippen molar-refractivity contribution in [1.82, 2.24) is 0 Å². The maximum absolute atomic E-state index is 10.8. The van der Waals surface area contributed by atoms with Crippen molar-refractivity contribution < 1.29 is 23.2 Å². The molecule has 0 aliphatic carbocycles. The number of hydrogen-bond donors (Lipinski definition) is 2. The first kappa shape index (κ1) is 16.5. The summed E-state index contributed by atoms with van der Waals surface area (Å²) in [6.07, 6.45) is -0.240. The molecular formula is C10H23NO5Si. The second kappa shape index (κ2) is 8.59. The maximum Gasteiger partial charge on any atom is 0.501 e. The first-order chi connectivity index (χ1) is 8.01. The van der Waals surface area contributed by atoms with Crippen LogP contribution in [0.4, 0.5) is 0 Å². The van der Waals surface area contributed by atoms with Gasteiger partial charge in [0, 0.05) is 19.3 Å². The van der Waals surface area contributed by atoms with Gasteiger partial charge in [-0.3, -0.25) is 0 Å². The van der Waals surface area contributed by atoms with E-state index in [1.165, 1.54) is 6.92 Å². The van der Waals surface area contributed by atoms with E-state index in [1.807, 2.05) is 13.8 Å². The van der Waals surface area contributed by atoms with Gasteiger partial charge in [-0.25, -0.2) is 4.79 Å². The SMILES string of the molecule is CCO[Si](CCCN)(OCC)OC(C)C(=O)O. The van der Waals surface area contributed by atoms with E-state index in [2.05, 4.69) is 0 Å². The van der Waals surface area contributed by atoms with E-state index in [0.29, 0.717) is 32.2 Å². The molecule has 0 rings (SSSR count). The Morgan fingerprint density at radius 3 is 2.24 bits per heavy atom. The van der Waals surface area contributed by atoms with Gasteiger partial charge >= 0.3 is 14.8 Å². The third kappa shape index (κ3) is 6.13. The zero-order chi connectivity index (χ0) is 13.3. The van der Waals surface area contributed by atoms with Gasteiger partial charge in [0.15, 0.2) is 0 Å². The first-order valence-corrected chi connectivity index (χ1v) is 7.83. The summed E-state index contributed by atoms with van der Waals surface area (Å²) >= 11 is 0. The lowest BCUT2D eigenvalue weighted by molar-refractivity contribution is -0.146. The van der Waals surface area contributed by atoms with E-state index in [4.69, 9.17) is 24.1 Å². The number of nitrogens with two attached hydrogens (primary N) is 1. The zero-order valence-electron chi connectivity index (χ0n) is 10.8. The van der Waals surface area contributed by atoms with Gasteiger partial charge < -0.3 is 24.1 Å². The molecule has 102 valence electrons. The highest BCUT2D eigenvalue weighted by molar-refractivity contribution is 6.60. The number of carboxylic acid groups (broad SMARTS) is 1. The Bertz CT molecular complexity index is 221. The third-order valence-electron chi connectivity index (χ3n) is 2.12. The molecule has 0 saturated carbocycles. The van der Waals surface area contributed by atoms with E-state index in [9.17, 15) is 4.79 Å². The minimum Gasteiger partial charge on any atom is -0.479 e. The molecule has 17 heavy (non-hydrogen) atoms. The lowest BCUT2D eigenvalue weighted by atomic mass is 10.4. The highest BCUT2D eigenvalue weighted by atomic mass is 28.4. The number of hydrogen-bond acceptors (Lipinski definition) is 5. The number of rotatable bonds is 10. The number of carboxylic acids is 1. The molecule has 0 aliphatic heterocycles. The van der Waals surface area contributed by atoms with Crippen molar-refractivity contribution in [3.8, 4) is 0 Å². The van der Waals surface area contributed by atoms with Gasteiger partial charge in [0.05, 0.1) is 0 Å². The van der Waals surface area contributed by atoms with Crippen LogP contribution in [0.5, 0.6) is 0 Å². The van der Waals surface area contributed by atoms with Crippen LogP contribution >= 0.6 is 0 Å². The standard InChI is InChI=1S/C10H23NO5Si/c1-4-14-17(15-5-2,8-6-7-11)16-9(3)10(12)13/h9H,4-8,11H2,1-3H3,(H,12,13). The van der Waals surface area contributed by atoms with Gasteiger partial charge in [0.2, 0.25) is 0 Å². The second-order valence-corrected chi connectivity index (χ2v) is 6.22. The molecule has 0 aromatic rings. The highest BCUT2D eigenvalue weighted by Gasteiger charge is 2.42. The largest absolute Gasteiger partial charge is 0.501 e. The average Bonchev–Trinajstić information content (AvgIpc) is 2.27. The normalized spacial score (nSPS) is 13.6. The first-order valence-electron chi connectivity index (χ1n) is 5.90. The van der Waals surface area contributed by atoms with Crippen molar-refractivity contribution in [3.05, 3.63) is 0 Å². The van der Waals surface area contributed by atoms with Crippen LogP contribution in [0, 0.1) is 0 Å². The summed E-state index contributed by atoms with van der Waals surface area (Å²) in [5.41, 5.74) is 5.46. The lowest BCUT2D eigenvalue weighted by Gasteiger charge is -2.30. The molecule has 0 aliphatic rings. The molecule has 0 fully saturated rings. The molecule has 0 spiro atoms. The van der Waals surface area contributed by atoms with Crippen molar-refractivity contribution in [3.63, 3.8) is 0 Å². The topological polar surface area (TPSA) is 91.0 Å². The van der Waals surface area contributed by atoms with E-state index in [-0.39, 0.29) is 0 Å². The Morgan fingerprint density at radius 2 is 1.88 bits per heavy atom. The van der Waals surface area contributed by atoms with Gasteiger partial charge in [-0.05, 0) is 33.7 Å². The zero-order valence-corrected chi connectivity index (χ0v) is 11.8. The van der Waals surface area contributed by atoms with Gasteiger partial charge in [-0.15, -0.1) is 0 Å². The second-order valence-electron chi connectivity index (χ2n) is 3.54. The number of carbonyl (C=O) groups is 1. The van der Waals surface area contributed by atoms with Crippen LogP contribution in [0.3, 0.4) is 0 Å². The predicted octanol–water partition coefficient (Wildman–Crippen LogP) is 0.837. The highest BCUT2D eigenvalue weighted by Crippen LogP contribution is 2.19. The summed E-state index contributed by atoms with van der Waals surface area (Å²) in [5.74, 6) is -1.02. The molecule has 6 nitrogen and oxygen atoms in total. The van der Waals surface area contributed by atoms with Crippen LogP contribution in [-0.4, -0.2) is 45.7 Å². The summed E-state index contributed by atoms with van der Waals surface area (Å²) in [4.78, 5) is 10.8. The van der Waals surface area contributed by atoms with Crippen LogP contribution < -0.4 is 5.73 Å². The molecular weight excluding hydrogens is 242 g/mol. The Balaban J connectivity index is 4.67. The maximum atomic E-state index is 10.8. The van der Waals surface area contributed by atoms with Crippen molar-refractivity contribution in [1.29, 1.82) is 0 Å². The molecule has 0 radical (unpaired) electrons. The van der Waals surface area contributed by atoms with Crippen LogP contribution in [0.2, 0.25) is 6.04 Å². The van der Waals surface area contributed by atoms with E-state index in [0.717, 1.165) is 0 Å². The fourth-order valence-corrected chi connectivity index (χ4v) is 4.17. The molecule has 0 aromatic carbocycles. The van der Waals surface area contributed by atoms with Crippen molar-refractivity contribution in [2.45, 2.75) is 39.3 Å². The Hall–Kier alpha value is -0.473. The summed E-state index contributed by atoms with van der Waals surface area (Å²) < 4.78 is 16.7. The van der Waals surface area contributed by atoms with Crippen LogP contribution in [-0.2, 0) is 18.1 Å². The summed E-state index contributed by atoms with van der Waals surface area (Å²) in [6.45, 7) is 6.51. The van der Waals surface area contributed by atoms with Gasteiger partial charge in [-0.1, -0.05) is 0 Å². The van der Waals surface area contributed by atoms with Crippen LogP contribution in [0.25, 0.3) is 0 Å². The van der Waals surface area contributed by atoms with Gasteiger partial charge in [0.1, 0.15) is 6.10 Å². The molecule has 0 heterocycles. The molecule has 3 N–H and O–H groups in total. The summed E-state index contributed by atoms with van der Waals surface area (Å²) in [6, 6.07) is 0.544. The van der Waals surface area contributed by atoms with Gasteiger partial charge in [-0.2, -0.15) is 0 Å². The molecule has 0 aromatic heterocycles. The van der Waals surface area contributed by atoms with Crippen LogP contribution in [0.1, 0.15) is 27.2 Å². The Morgan fingerprint density at radius 1 is 1.35 bits per heavy atom. The molecule has 7 heteroatoms. The van der Waals surface area contributed by atoms with Crippen molar-refractivity contribution in [2.75, 3.05) is 19.8 Å². The Kier molecular flexibility index (Phi) is 8.35. The molecule has 1 unspecified atom stereocenters. The Labute approximate surface area is 103 Å². The van der Waals surface area contributed by atoms with Gasteiger partial charge in [0.25, 0.3) is 0 Å². The molecule has 0 bridgehead atoms. The molecule has 1 atom stereocenters.